The van der Waals surface area contributed by atoms with E-state index >= 15 is 0 Å². The van der Waals surface area contributed by atoms with Gasteiger partial charge in [-0.1, -0.05) is 41.7 Å². The number of hydrogen-bond donors (Lipinski definition) is 1. The summed E-state index contributed by atoms with van der Waals surface area (Å²) in [4.78, 5) is 11.8. The molecule has 2 nitrogen and oxygen atoms in total. The van der Waals surface area contributed by atoms with Crippen LogP contribution in [-0.2, 0) is 0 Å². The van der Waals surface area contributed by atoms with E-state index in [4.69, 9.17) is 0 Å². The smallest absolute Gasteiger partial charge is 0.252 e. The number of amides is 1. The Labute approximate surface area is 117 Å². The number of benzene rings is 2. The Morgan fingerprint density at radius 3 is 2.75 bits per heavy atom. The Balaban J connectivity index is 1.94. The molecule has 0 aliphatic heterocycles. The first kappa shape index (κ1) is 13.8. The zero-order valence-electron chi connectivity index (χ0n) is 11.1. The van der Waals surface area contributed by atoms with Crippen molar-refractivity contribution in [3.05, 3.63) is 71.0 Å². The van der Waals surface area contributed by atoms with Gasteiger partial charge in [0.25, 0.3) is 5.91 Å². The molecule has 2 rings (SSSR count). The molecule has 0 heterocycles. The summed E-state index contributed by atoms with van der Waals surface area (Å²) in [6, 6.07) is 13.6. The number of aryl methyl sites for hydroxylation is 1. The maximum atomic E-state index is 13.3. The lowest BCUT2D eigenvalue weighted by Gasteiger charge is -2.02. The van der Waals surface area contributed by atoms with E-state index in [1.54, 1.807) is 30.3 Å². The van der Waals surface area contributed by atoms with Crippen molar-refractivity contribution in [1.29, 1.82) is 0 Å². The molecule has 0 atom stereocenters. The van der Waals surface area contributed by atoms with Crippen LogP contribution in [0.15, 0.2) is 48.5 Å². The van der Waals surface area contributed by atoms with Gasteiger partial charge in [-0.25, -0.2) is 4.39 Å². The molecular formula is C17H14FNO. The van der Waals surface area contributed by atoms with Crippen molar-refractivity contribution >= 4 is 5.91 Å². The van der Waals surface area contributed by atoms with Crippen molar-refractivity contribution < 1.29 is 9.18 Å². The van der Waals surface area contributed by atoms with Crippen LogP contribution in [0.2, 0.25) is 0 Å². The minimum atomic E-state index is -0.356. The van der Waals surface area contributed by atoms with Gasteiger partial charge in [-0.3, -0.25) is 4.79 Å². The average Bonchev–Trinajstić information content (AvgIpc) is 2.45. The van der Waals surface area contributed by atoms with Crippen LogP contribution in [0.4, 0.5) is 4.39 Å². The lowest BCUT2D eigenvalue weighted by Crippen LogP contribution is -2.23. The SMILES string of the molecule is Cc1cccc(C(=O)NCC#Cc2ccccc2F)c1. The number of hydrogen-bond acceptors (Lipinski definition) is 1. The van der Waals surface area contributed by atoms with Crippen LogP contribution in [0.25, 0.3) is 0 Å². The molecule has 0 radical (unpaired) electrons. The molecule has 100 valence electrons. The van der Waals surface area contributed by atoms with Crippen molar-refractivity contribution in [3.63, 3.8) is 0 Å². The summed E-state index contributed by atoms with van der Waals surface area (Å²) < 4.78 is 13.3. The lowest BCUT2D eigenvalue weighted by molar-refractivity contribution is 0.0958. The van der Waals surface area contributed by atoms with E-state index in [-0.39, 0.29) is 18.3 Å². The summed E-state index contributed by atoms with van der Waals surface area (Å²) in [5, 5.41) is 2.68. The molecule has 1 N–H and O–H groups in total. The minimum Gasteiger partial charge on any atom is -0.341 e. The summed E-state index contributed by atoms with van der Waals surface area (Å²) >= 11 is 0. The molecule has 0 saturated heterocycles. The molecule has 0 aliphatic carbocycles. The van der Waals surface area contributed by atoms with Gasteiger partial charge in [0.1, 0.15) is 5.82 Å². The van der Waals surface area contributed by atoms with Crippen LogP contribution in [0.5, 0.6) is 0 Å². The van der Waals surface area contributed by atoms with Gasteiger partial charge in [0.15, 0.2) is 0 Å². The highest BCUT2D eigenvalue weighted by molar-refractivity contribution is 5.94. The van der Waals surface area contributed by atoms with Gasteiger partial charge >= 0.3 is 0 Å². The molecule has 1 amide bonds. The van der Waals surface area contributed by atoms with Gasteiger partial charge in [0.2, 0.25) is 0 Å². The van der Waals surface area contributed by atoms with Gasteiger partial charge < -0.3 is 5.32 Å². The third kappa shape index (κ3) is 3.69. The molecule has 0 saturated carbocycles. The van der Waals surface area contributed by atoms with Crippen molar-refractivity contribution in [2.45, 2.75) is 6.92 Å². The van der Waals surface area contributed by atoms with Crippen LogP contribution in [0, 0.1) is 24.6 Å². The minimum absolute atomic E-state index is 0.182. The highest BCUT2D eigenvalue weighted by atomic mass is 19.1. The van der Waals surface area contributed by atoms with Crippen molar-refractivity contribution in [1.82, 2.24) is 5.32 Å². The molecule has 0 aliphatic rings. The highest BCUT2D eigenvalue weighted by Gasteiger charge is 2.03. The van der Waals surface area contributed by atoms with E-state index in [2.05, 4.69) is 17.2 Å². The predicted octanol–water partition coefficient (Wildman–Crippen LogP) is 2.92. The van der Waals surface area contributed by atoms with Gasteiger partial charge in [-0.2, -0.15) is 0 Å². The lowest BCUT2D eigenvalue weighted by atomic mass is 10.1. The van der Waals surface area contributed by atoms with Crippen LogP contribution in [-0.4, -0.2) is 12.5 Å². The normalized spacial score (nSPS) is 9.50. The number of nitrogens with one attached hydrogen (secondary N) is 1. The van der Waals surface area contributed by atoms with Crippen LogP contribution in [0.3, 0.4) is 0 Å². The molecule has 0 aromatic heterocycles. The number of carbonyl (C=O) groups is 1. The fourth-order valence-electron chi connectivity index (χ4n) is 1.71. The zero-order chi connectivity index (χ0) is 14.4. The fraction of sp³-hybridized carbons (Fsp3) is 0.118. The molecule has 20 heavy (non-hydrogen) atoms. The topological polar surface area (TPSA) is 29.1 Å². The van der Waals surface area contributed by atoms with Crippen LogP contribution in [0.1, 0.15) is 21.5 Å². The summed E-state index contributed by atoms with van der Waals surface area (Å²) in [6.07, 6.45) is 0. The Morgan fingerprint density at radius 2 is 2.00 bits per heavy atom. The third-order valence-electron chi connectivity index (χ3n) is 2.71. The monoisotopic (exact) mass is 267 g/mol. The zero-order valence-corrected chi connectivity index (χ0v) is 11.1. The quantitative estimate of drug-likeness (QED) is 0.833. The second-order valence-corrected chi connectivity index (χ2v) is 4.33. The summed E-state index contributed by atoms with van der Waals surface area (Å²) in [6.45, 7) is 2.11. The van der Waals surface area contributed by atoms with E-state index in [9.17, 15) is 9.18 Å². The molecule has 3 heteroatoms. The standard InChI is InChI=1S/C17H14FNO/c1-13-6-4-8-15(12-13)17(20)19-11-5-9-14-7-2-3-10-16(14)18/h2-4,6-8,10,12H,11H2,1H3,(H,19,20). The highest BCUT2D eigenvalue weighted by Crippen LogP contribution is 2.04. The first-order valence-corrected chi connectivity index (χ1v) is 6.25. The molecule has 2 aromatic carbocycles. The Bertz CT molecular complexity index is 683. The van der Waals surface area contributed by atoms with Gasteiger partial charge in [-0.15, -0.1) is 0 Å². The molecule has 0 spiro atoms. The summed E-state index contributed by atoms with van der Waals surface area (Å²) in [5.74, 6) is 4.89. The molecule has 0 fully saturated rings. The number of carbonyl (C=O) groups excluding carboxylic acids is 1. The third-order valence-corrected chi connectivity index (χ3v) is 2.71. The van der Waals surface area contributed by atoms with Gasteiger partial charge in [0.05, 0.1) is 12.1 Å². The maximum Gasteiger partial charge on any atom is 0.252 e. The van der Waals surface area contributed by atoms with E-state index in [1.165, 1.54) is 6.07 Å². The summed E-state index contributed by atoms with van der Waals surface area (Å²) in [5.41, 5.74) is 1.95. The van der Waals surface area contributed by atoms with Crippen LogP contribution >= 0.6 is 0 Å². The number of rotatable bonds is 2. The number of halogens is 1. The van der Waals surface area contributed by atoms with Crippen LogP contribution < -0.4 is 5.32 Å². The molecule has 0 bridgehead atoms. The fourth-order valence-corrected chi connectivity index (χ4v) is 1.71. The largest absolute Gasteiger partial charge is 0.341 e. The molecule has 0 unspecified atom stereocenters. The average molecular weight is 267 g/mol. The van der Waals surface area contributed by atoms with E-state index in [0.29, 0.717) is 11.1 Å². The summed E-state index contributed by atoms with van der Waals surface area (Å²) in [7, 11) is 0. The Kier molecular flexibility index (Phi) is 4.52. The van der Waals surface area contributed by atoms with Crippen molar-refractivity contribution in [3.8, 4) is 11.8 Å². The Hall–Kier alpha value is -2.60. The molecular weight excluding hydrogens is 253 g/mol. The maximum absolute atomic E-state index is 13.3. The van der Waals surface area contributed by atoms with Gasteiger partial charge in [0, 0.05) is 5.56 Å². The van der Waals surface area contributed by atoms with Crippen molar-refractivity contribution in [2.24, 2.45) is 0 Å². The van der Waals surface area contributed by atoms with Gasteiger partial charge in [-0.05, 0) is 31.2 Å². The van der Waals surface area contributed by atoms with E-state index < -0.39 is 0 Å². The second-order valence-electron chi connectivity index (χ2n) is 4.33. The van der Waals surface area contributed by atoms with E-state index in [1.807, 2.05) is 19.1 Å². The first-order chi connectivity index (χ1) is 9.66. The Morgan fingerprint density at radius 1 is 1.20 bits per heavy atom. The van der Waals surface area contributed by atoms with Crippen molar-refractivity contribution in [2.75, 3.05) is 6.54 Å². The second kappa shape index (κ2) is 6.53. The van der Waals surface area contributed by atoms with E-state index in [0.717, 1.165) is 5.56 Å². The predicted molar refractivity (Wildman–Crippen MR) is 76.8 cm³/mol. The first-order valence-electron chi connectivity index (χ1n) is 6.25. The molecule has 2 aromatic rings.